The Bertz CT molecular complexity index is 2040. The highest BCUT2D eigenvalue weighted by atomic mass is 14.5. The van der Waals surface area contributed by atoms with E-state index in [1.54, 1.807) is 11.1 Å². The van der Waals surface area contributed by atoms with Gasteiger partial charge in [-0.3, -0.25) is 0 Å². The molecule has 6 aromatic carbocycles. The van der Waals surface area contributed by atoms with Gasteiger partial charge in [-0.2, -0.15) is 0 Å². The molecule has 0 atom stereocenters. The summed E-state index contributed by atoms with van der Waals surface area (Å²) in [6.07, 6.45) is 5.15. The molecule has 0 N–H and O–H groups in total. The van der Waals surface area contributed by atoms with Crippen molar-refractivity contribution in [3.8, 4) is 44.5 Å². The molecule has 0 radical (unpaired) electrons. The van der Waals surface area contributed by atoms with Crippen LogP contribution < -0.4 is 0 Å². The summed E-state index contributed by atoms with van der Waals surface area (Å²) in [7, 11) is 0. The van der Waals surface area contributed by atoms with E-state index in [4.69, 9.17) is 0 Å². The van der Waals surface area contributed by atoms with E-state index in [9.17, 15) is 0 Å². The number of hydrogen-bond donors (Lipinski definition) is 0. The fourth-order valence-electron chi connectivity index (χ4n) is 9.43. The SMILES string of the molecule is c1ccc2c(c1)-c1ccc(-c3ccc4c(c3)C3(c5ccccc5-c5ccccc53)c3ccccc3-4)cc1C21CCCC1. The molecule has 0 heterocycles. The Morgan fingerprint density at radius 1 is 0.333 bits per heavy atom. The van der Waals surface area contributed by atoms with Crippen molar-refractivity contribution in [1.29, 1.82) is 0 Å². The number of rotatable bonds is 1. The third kappa shape index (κ3) is 2.61. The first-order valence-electron chi connectivity index (χ1n) is 15.5. The normalized spacial score (nSPS) is 17.0. The summed E-state index contributed by atoms with van der Waals surface area (Å²) in [6.45, 7) is 0. The molecule has 6 aromatic rings. The molecule has 4 aliphatic carbocycles. The minimum absolute atomic E-state index is 0.180. The number of hydrogen-bond acceptors (Lipinski definition) is 0. The zero-order valence-electron chi connectivity index (χ0n) is 23.5. The maximum absolute atomic E-state index is 2.55. The molecule has 0 unspecified atom stereocenters. The summed E-state index contributed by atoms with van der Waals surface area (Å²) in [6, 6.07) is 51.1. The molecular weight excluding hydrogens is 504 g/mol. The van der Waals surface area contributed by atoms with Crippen LogP contribution in [-0.4, -0.2) is 0 Å². The summed E-state index contributed by atoms with van der Waals surface area (Å²) < 4.78 is 0. The third-order valence-electron chi connectivity index (χ3n) is 11.1. The molecule has 1 saturated carbocycles. The van der Waals surface area contributed by atoms with Gasteiger partial charge in [-0.25, -0.2) is 0 Å². The summed E-state index contributed by atoms with van der Waals surface area (Å²) in [5.74, 6) is 0. The molecule has 10 rings (SSSR count). The standard InChI is InChI=1S/C42H30/c1-5-15-35-29(11-1)33-21-19-27(25-39(33)41(35)23-9-10-24-41)28-20-22-34-32-14-4-8-18-38(32)42(40(34)26-28)36-16-6-2-12-30(36)31-13-3-7-17-37(31)42/h1-8,11-22,25-26H,9-10,23-24H2. The van der Waals surface area contributed by atoms with Crippen LogP contribution in [0.3, 0.4) is 0 Å². The molecule has 0 bridgehead atoms. The van der Waals surface area contributed by atoms with Gasteiger partial charge in [0.1, 0.15) is 0 Å². The van der Waals surface area contributed by atoms with E-state index in [1.165, 1.54) is 92.4 Å². The monoisotopic (exact) mass is 534 g/mol. The van der Waals surface area contributed by atoms with Crippen LogP contribution in [0.4, 0.5) is 0 Å². The summed E-state index contributed by atoms with van der Waals surface area (Å²) >= 11 is 0. The summed E-state index contributed by atoms with van der Waals surface area (Å²) in [5, 5.41) is 0. The number of benzene rings is 6. The van der Waals surface area contributed by atoms with E-state index >= 15 is 0 Å². The molecule has 4 aliphatic rings. The maximum atomic E-state index is 2.55. The van der Waals surface area contributed by atoms with Gasteiger partial charge in [0.15, 0.2) is 0 Å². The van der Waals surface area contributed by atoms with Crippen molar-refractivity contribution in [3.63, 3.8) is 0 Å². The van der Waals surface area contributed by atoms with Crippen LogP contribution in [0.2, 0.25) is 0 Å². The molecule has 0 saturated heterocycles. The third-order valence-corrected chi connectivity index (χ3v) is 11.1. The molecule has 0 aromatic heterocycles. The van der Waals surface area contributed by atoms with Gasteiger partial charge in [0, 0.05) is 5.41 Å². The number of fused-ring (bicyclic) bond motifs is 15. The average Bonchev–Trinajstić information content (AvgIpc) is 3.80. The van der Waals surface area contributed by atoms with Crippen molar-refractivity contribution in [3.05, 3.63) is 167 Å². The second-order valence-electron chi connectivity index (χ2n) is 12.7. The smallest absolute Gasteiger partial charge is 0.0619 e. The van der Waals surface area contributed by atoms with Gasteiger partial charge in [0.05, 0.1) is 5.41 Å². The first kappa shape index (κ1) is 22.9. The largest absolute Gasteiger partial charge is 0.0725 e. The van der Waals surface area contributed by atoms with E-state index in [1.807, 2.05) is 0 Å². The van der Waals surface area contributed by atoms with Crippen LogP contribution in [0.5, 0.6) is 0 Å². The van der Waals surface area contributed by atoms with Gasteiger partial charge in [0.2, 0.25) is 0 Å². The first-order valence-corrected chi connectivity index (χ1v) is 15.5. The van der Waals surface area contributed by atoms with Gasteiger partial charge in [-0.05, 0) is 103 Å². The van der Waals surface area contributed by atoms with Gasteiger partial charge in [-0.15, -0.1) is 0 Å². The van der Waals surface area contributed by atoms with Crippen LogP contribution in [0.1, 0.15) is 59.1 Å². The first-order chi connectivity index (χ1) is 20.8. The molecule has 0 nitrogen and oxygen atoms in total. The molecule has 0 heteroatoms. The Kier molecular flexibility index (Phi) is 4.36. The van der Waals surface area contributed by atoms with Crippen LogP contribution in [-0.2, 0) is 10.8 Å². The lowest BCUT2D eigenvalue weighted by molar-refractivity contribution is 0.550. The fraction of sp³-hybridized carbons (Fsp3) is 0.143. The van der Waals surface area contributed by atoms with E-state index < -0.39 is 0 Å². The van der Waals surface area contributed by atoms with Crippen LogP contribution >= 0.6 is 0 Å². The van der Waals surface area contributed by atoms with Crippen molar-refractivity contribution < 1.29 is 0 Å². The molecule has 2 spiro atoms. The maximum Gasteiger partial charge on any atom is 0.0725 e. The molecule has 1 fully saturated rings. The quantitative estimate of drug-likeness (QED) is 0.196. The molecule has 42 heavy (non-hydrogen) atoms. The van der Waals surface area contributed by atoms with Crippen molar-refractivity contribution in [2.75, 3.05) is 0 Å². The molecular formula is C42H30. The Balaban J connectivity index is 1.23. The zero-order valence-corrected chi connectivity index (χ0v) is 23.5. The van der Waals surface area contributed by atoms with E-state index in [-0.39, 0.29) is 10.8 Å². The Labute approximate surface area is 247 Å². The van der Waals surface area contributed by atoms with Gasteiger partial charge < -0.3 is 0 Å². The van der Waals surface area contributed by atoms with Crippen molar-refractivity contribution in [2.45, 2.75) is 36.5 Å². The Hall–Kier alpha value is -4.68. The lowest BCUT2D eigenvalue weighted by atomic mass is 9.70. The van der Waals surface area contributed by atoms with Crippen LogP contribution in [0, 0.1) is 0 Å². The Morgan fingerprint density at radius 2 is 0.714 bits per heavy atom. The lowest BCUT2D eigenvalue weighted by Crippen LogP contribution is -2.25. The topological polar surface area (TPSA) is 0 Å². The predicted molar refractivity (Wildman–Crippen MR) is 173 cm³/mol. The average molecular weight is 535 g/mol. The van der Waals surface area contributed by atoms with Crippen molar-refractivity contribution in [1.82, 2.24) is 0 Å². The molecule has 0 amide bonds. The summed E-state index contributed by atoms with van der Waals surface area (Å²) in [5.41, 5.74) is 19.6. The second-order valence-corrected chi connectivity index (χ2v) is 12.7. The zero-order chi connectivity index (χ0) is 27.5. The van der Waals surface area contributed by atoms with E-state index in [2.05, 4.69) is 133 Å². The van der Waals surface area contributed by atoms with Crippen molar-refractivity contribution in [2.24, 2.45) is 0 Å². The highest BCUT2D eigenvalue weighted by Gasteiger charge is 2.51. The lowest BCUT2D eigenvalue weighted by Gasteiger charge is -2.30. The van der Waals surface area contributed by atoms with Gasteiger partial charge >= 0.3 is 0 Å². The van der Waals surface area contributed by atoms with Crippen LogP contribution in [0.15, 0.2) is 133 Å². The second kappa shape index (κ2) is 7.99. The predicted octanol–water partition coefficient (Wildman–Crippen LogP) is 10.5. The highest BCUT2D eigenvalue weighted by molar-refractivity contribution is 5.96. The fourth-order valence-corrected chi connectivity index (χ4v) is 9.43. The van der Waals surface area contributed by atoms with E-state index in [0.717, 1.165) is 0 Å². The summed E-state index contributed by atoms with van der Waals surface area (Å²) in [4.78, 5) is 0. The molecule has 198 valence electrons. The van der Waals surface area contributed by atoms with Gasteiger partial charge in [0.25, 0.3) is 0 Å². The highest BCUT2D eigenvalue weighted by Crippen LogP contribution is 2.63. The minimum atomic E-state index is -0.297. The van der Waals surface area contributed by atoms with Gasteiger partial charge in [-0.1, -0.05) is 134 Å². The Morgan fingerprint density at radius 3 is 1.24 bits per heavy atom. The minimum Gasteiger partial charge on any atom is -0.0619 e. The molecule has 0 aliphatic heterocycles. The van der Waals surface area contributed by atoms with Crippen molar-refractivity contribution >= 4 is 0 Å². The van der Waals surface area contributed by atoms with Crippen LogP contribution in [0.25, 0.3) is 44.5 Å². The van der Waals surface area contributed by atoms with E-state index in [0.29, 0.717) is 0 Å².